The summed E-state index contributed by atoms with van der Waals surface area (Å²) in [5, 5.41) is -0.796. The summed E-state index contributed by atoms with van der Waals surface area (Å²) in [6, 6.07) is 46.2. The molecule has 6 nitrogen and oxygen atoms in total. The fraction of sp³-hybridized carbons (Fsp3) is 0.167. The molecule has 0 aliphatic carbocycles. The van der Waals surface area contributed by atoms with Crippen molar-refractivity contribution >= 4 is 17.0 Å². The van der Waals surface area contributed by atoms with Gasteiger partial charge in [-0.25, -0.2) is 0 Å². The van der Waals surface area contributed by atoms with Crippen molar-refractivity contribution in [2.75, 3.05) is 0 Å². The van der Waals surface area contributed by atoms with Crippen LogP contribution < -0.4 is 22.8 Å². The van der Waals surface area contributed by atoms with Crippen LogP contribution in [-0.4, -0.2) is 5.34 Å². The number of rotatable bonds is 14. The lowest BCUT2D eigenvalue weighted by atomic mass is 9.98. The molecule has 0 bridgehead atoms. The van der Waals surface area contributed by atoms with Crippen molar-refractivity contribution in [3.8, 4) is 28.7 Å². The van der Waals surface area contributed by atoms with Crippen LogP contribution in [-0.2, 0) is 10.1 Å². The predicted molar refractivity (Wildman–Crippen MR) is 177 cm³/mol. The second kappa shape index (κ2) is 14.6. The van der Waals surface area contributed by atoms with Gasteiger partial charge >= 0.3 is 17.0 Å². The van der Waals surface area contributed by atoms with E-state index in [2.05, 4.69) is 0 Å². The highest BCUT2D eigenvalue weighted by molar-refractivity contribution is 7.49. The standard InChI is InChI=1S/C36H36O6P2/c1-35(2,42-44(40-32-23-13-7-14-24-32)41-33-25-15-8-16-26-33)29-18-17-27-34(28-29)39-43(38-31-21-11-6-12-22-31)36(3,4)37-30-19-9-5-10-20-30/h5-28H,1-4H3. The molecule has 1 unspecified atom stereocenters. The Morgan fingerprint density at radius 3 is 1.34 bits per heavy atom. The van der Waals surface area contributed by atoms with Gasteiger partial charge in [0.1, 0.15) is 28.7 Å². The molecule has 0 aliphatic heterocycles. The molecule has 5 aromatic carbocycles. The molecule has 0 heterocycles. The number of hydrogen-bond donors (Lipinski definition) is 0. The van der Waals surface area contributed by atoms with E-state index in [0.717, 1.165) is 11.3 Å². The van der Waals surface area contributed by atoms with Gasteiger partial charge < -0.3 is 22.8 Å². The van der Waals surface area contributed by atoms with Crippen LogP contribution in [0.5, 0.6) is 28.7 Å². The average molecular weight is 627 g/mol. The lowest BCUT2D eigenvalue weighted by molar-refractivity contribution is 0.0941. The second-order valence-electron chi connectivity index (χ2n) is 10.8. The lowest BCUT2D eigenvalue weighted by Gasteiger charge is -2.33. The van der Waals surface area contributed by atoms with Crippen LogP contribution in [0.1, 0.15) is 33.3 Å². The summed E-state index contributed by atoms with van der Waals surface area (Å²) in [5.74, 6) is 3.38. The smallest absolute Gasteiger partial charge is 0.463 e. The molecule has 226 valence electrons. The van der Waals surface area contributed by atoms with E-state index in [1.165, 1.54) is 0 Å². The zero-order valence-electron chi connectivity index (χ0n) is 25.2. The minimum atomic E-state index is -1.81. The highest BCUT2D eigenvalue weighted by Crippen LogP contribution is 2.53. The highest BCUT2D eigenvalue weighted by Gasteiger charge is 2.39. The largest absolute Gasteiger partial charge is 0.476 e. The molecular formula is C36H36O6P2. The Kier molecular flexibility index (Phi) is 10.4. The van der Waals surface area contributed by atoms with Gasteiger partial charge in [0.2, 0.25) is 0 Å². The lowest BCUT2D eigenvalue weighted by Crippen LogP contribution is -2.30. The molecule has 0 fully saturated rings. The maximum absolute atomic E-state index is 6.59. The Bertz CT molecular complexity index is 1530. The summed E-state index contributed by atoms with van der Waals surface area (Å²) in [4.78, 5) is 0. The zero-order chi connectivity index (χ0) is 30.8. The van der Waals surface area contributed by atoms with Crippen molar-refractivity contribution in [1.29, 1.82) is 0 Å². The van der Waals surface area contributed by atoms with Crippen molar-refractivity contribution in [1.82, 2.24) is 0 Å². The normalized spacial score (nSPS) is 12.3. The summed E-state index contributed by atoms with van der Waals surface area (Å²) in [5.41, 5.74) is 0.0838. The van der Waals surface area contributed by atoms with Crippen molar-refractivity contribution in [3.63, 3.8) is 0 Å². The molecule has 5 rings (SSSR count). The third-order valence-corrected chi connectivity index (χ3v) is 9.40. The Hall–Kier alpha value is -4.08. The van der Waals surface area contributed by atoms with Gasteiger partial charge in [0.25, 0.3) is 0 Å². The first-order valence-corrected chi connectivity index (χ1v) is 16.6. The first-order valence-electron chi connectivity index (χ1n) is 14.3. The van der Waals surface area contributed by atoms with Gasteiger partial charge in [-0.2, -0.15) is 0 Å². The number of hydrogen-bond acceptors (Lipinski definition) is 6. The topological polar surface area (TPSA) is 55.4 Å². The summed E-state index contributed by atoms with van der Waals surface area (Å²) < 4.78 is 38.4. The Labute approximate surface area is 262 Å². The Balaban J connectivity index is 1.38. The fourth-order valence-corrected chi connectivity index (χ4v) is 6.54. The molecule has 0 aliphatic rings. The third-order valence-electron chi connectivity index (χ3n) is 6.35. The van der Waals surface area contributed by atoms with Gasteiger partial charge in [-0.1, -0.05) is 84.9 Å². The van der Waals surface area contributed by atoms with E-state index in [4.69, 9.17) is 27.4 Å². The molecular weight excluding hydrogens is 590 g/mol. The number of para-hydroxylation sites is 4. The molecule has 1 atom stereocenters. The molecule has 0 N–H and O–H groups in total. The molecule has 5 aromatic rings. The molecule has 44 heavy (non-hydrogen) atoms. The van der Waals surface area contributed by atoms with Crippen molar-refractivity contribution < 1.29 is 27.4 Å². The molecule has 0 aromatic heterocycles. The zero-order valence-corrected chi connectivity index (χ0v) is 27.0. The summed E-state index contributed by atoms with van der Waals surface area (Å²) in [6.45, 7) is 7.91. The SMILES string of the molecule is CC(C)(OP(Oc1ccccc1)Oc1ccccc1)c1cccc(OP(Oc2ccccc2)C(C)(C)Oc2ccccc2)c1. The summed E-state index contributed by atoms with van der Waals surface area (Å²) in [7, 11) is -3.43. The fourth-order valence-electron chi connectivity index (χ4n) is 4.08. The van der Waals surface area contributed by atoms with Crippen molar-refractivity contribution in [3.05, 3.63) is 151 Å². The van der Waals surface area contributed by atoms with Crippen molar-refractivity contribution in [2.24, 2.45) is 0 Å². The third kappa shape index (κ3) is 8.97. The first kappa shape index (κ1) is 31.3. The summed E-state index contributed by atoms with van der Waals surface area (Å²) in [6.07, 6.45) is 0. The van der Waals surface area contributed by atoms with Gasteiger partial charge in [0.15, 0.2) is 5.34 Å². The van der Waals surface area contributed by atoms with Gasteiger partial charge in [-0.15, -0.1) is 0 Å². The van der Waals surface area contributed by atoms with Gasteiger partial charge in [0.05, 0.1) is 5.60 Å². The van der Waals surface area contributed by atoms with E-state index in [1.54, 1.807) is 0 Å². The molecule has 0 spiro atoms. The average Bonchev–Trinajstić information content (AvgIpc) is 3.02. The quantitative estimate of drug-likeness (QED) is 0.114. The van der Waals surface area contributed by atoms with Crippen molar-refractivity contribution in [2.45, 2.75) is 38.6 Å². The number of ether oxygens (including phenoxy) is 1. The van der Waals surface area contributed by atoms with Gasteiger partial charge in [-0.3, -0.25) is 4.52 Å². The predicted octanol–water partition coefficient (Wildman–Crippen LogP) is 10.9. The molecule has 0 amide bonds. The van der Waals surface area contributed by atoms with E-state index >= 15 is 0 Å². The van der Waals surface area contributed by atoms with Crippen LogP contribution in [0.2, 0.25) is 0 Å². The first-order chi connectivity index (χ1) is 21.3. The van der Waals surface area contributed by atoms with Crippen LogP contribution >= 0.6 is 17.0 Å². The van der Waals surface area contributed by atoms with E-state index in [9.17, 15) is 0 Å². The van der Waals surface area contributed by atoms with Crippen LogP contribution in [0.3, 0.4) is 0 Å². The van der Waals surface area contributed by atoms with E-state index in [1.807, 2.05) is 173 Å². The van der Waals surface area contributed by atoms with Crippen LogP contribution in [0.25, 0.3) is 0 Å². The molecule has 0 radical (unpaired) electrons. The molecule has 0 saturated carbocycles. The maximum atomic E-state index is 6.59. The van der Waals surface area contributed by atoms with E-state index < -0.39 is 27.9 Å². The second-order valence-corrected chi connectivity index (χ2v) is 13.7. The summed E-state index contributed by atoms with van der Waals surface area (Å²) >= 11 is 0. The number of benzene rings is 5. The monoisotopic (exact) mass is 626 g/mol. The Morgan fingerprint density at radius 2 is 0.841 bits per heavy atom. The van der Waals surface area contributed by atoms with E-state index in [0.29, 0.717) is 23.0 Å². The van der Waals surface area contributed by atoms with Gasteiger partial charge in [0, 0.05) is 0 Å². The van der Waals surface area contributed by atoms with Gasteiger partial charge in [-0.05, 0) is 93.9 Å². The Morgan fingerprint density at radius 1 is 0.432 bits per heavy atom. The van der Waals surface area contributed by atoms with E-state index in [-0.39, 0.29) is 0 Å². The van der Waals surface area contributed by atoms with Crippen LogP contribution in [0, 0.1) is 0 Å². The van der Waals surface area contributed by atoms with Crippen LogP contribution in [0.15, 0.2) is 146 Å². The minimum absolute atomic E-state index is 0.628. The maximum Gasteiger partial charge on any atom is 0.463 e. The highest BCUT2D eigenvalue weighted by atomic mass is 31.2. The van der Waals surface area contributed by atoms with Crippen LogP contribution in [0.4, 0.5) is 0 Å². The molecule has 8 heteroatoms. The minimum Gasteiger partial charge on any atom is -0.476 e. The molecule has 0 saturated heterocycles.